The van der Waals surface area contributed by atoms with Gasteiger partial charge in [0.2, 0.25) is 0 Å². The Kier molecular flexibility index (Phi) is 5.40. The van der Waals surface area contributed by atoms with E-state index in [2.05, 4.69) is 21.9 Å². The number of imidazole rings is 1. The van der Waals surface area contributed by atoms with Crippen LogP contribution in [-0.4, -0.2) is 37.1 Å². The van der Waals surface area contributed by atoms with Gasteiger partial charge in [0.05, 0.1) is 0 Å². The lowest BCUT2D eigenvalue weighted by Gasteiger charge is -2.28. The second-order valence-electron chi connectivity index (χ2n) is 5.82. The molecule has 2 N–H and O–H groups in total. The van der Waals surface area contributed by atoms with Gasteiger partial charge < -0.3 is 9.88 Å². The standard InChI is InChI=1S/C14H26N4O2S/c1-4-9-18-10-14(16-12(18)3)21(19,20)17-11(2)13-5-7-15-8-6-13/h10-11,13,15,17H,4-9H2,1-3H3. The Morgan fingerprint density at radius 1 is 1.48 bits per heavy atom. The van der Waals surface area contributed by atoms with Crippen LogP contribution >= 0.6 is 0 Å². The Balaban J connectivity index is 2.08. The lowest BCUT2D eigenvalue weighted by Crippen LogP contribution is -2.42. The average molecular weight is 314 g/mol. The molecule has 1 aromatic rings. The van der Waals surface area contributed by atoms with Crippen molar-refractivity contribution in [1.29, 1.82) is 0 Å². The normalized spacial score (nSPS) is 18.8. The third-order valence-electron chi connectivity index (χ3n) is 4.13. The van der Waals surface area contributed by atoms with E-state index in [0.717, 1.165) is 44.7 Å². The van der Waals surface area contributed by atoms with Crippen molar-refractivity contribution in [1.82, 2.24) is 19.6 Å². The van der Waals surface area contributed by atoms with Crippen LogP contribution < -0.4 is 10.0 Å². The van der Waals surface area contributed by atoms with Gasteiger partial charge >= 0.3 is 0 Å². The molecular formula is C14H26N4O2S. The maximum absolute atomic E-state index is 12.5. The van der Waals surface area contributed by atoms with Crippen LogP contribution in [0, 0.1) is 12.8 Å². The summed E-state index contributed by atoms with van der Waals surface area (Å²) < 4.78 is 29.6. The van der Waals surface area contributed by atoms with Crippen LogP contribution in [0.25, 0.3) is 0 Å². The highest BCUT2D eigenvalue weighted by Crippen LogP contribution is 2.18. The monoisotopic (exact) mass is 314 g/mol. The molecule has 0 amide bonds. The van der Waals surface area contributed by atoms with Crippen LogP contribution in [0.15, 0.2) is 11.2 Å². The molecule has 21 heavy (non-hydrogen) atoms. The molecule has 0 saturated carbocycles. The predicted octanol–water partition coefficient (Wildman–Crippen LogP) is 1.27. The number of rotatable bonds is 6. The number of nitrogens with zero attached hydrogens (tertiary/aromatic N) is 2. The molecule has 120 valence electrons. The Morgan fingerprint density at radius 3 is 2.76 bits per heavy atom. The first-order valence-electron chi connectivity index (χ1n) is 7.71. The minimum Gasteiger partial charge on any atom is -0.334 e. The van der Waals surface area contributed by atoms with Crippen molar-refractivity contribution < 1.29 is 8.42 Å². The smallest absolute Gasteiger partial charge is 0.259 e. The molecule has 1 unspecified atom stereocenters. The lowest BCUT2D eigenvalue weighted by atomic mass is 9.92. The molecule has 0 aromatic carbocycles. The topological polar surface area (TPSA) is 76.0 Å². The number of piperidine rings is 1. The fourth-order valence-corrected chi connectivity index (χ4v) is 4.14. The molecule has 1 aromatic heterocycles. The quantitative estimate of drug-likeness (QED) is 0.829. The highest BCUT2D eigenvalue weighted by Gasteiger charge is 2.26. The van der Waals surface area contributed by atoms with Gasteiger partial charge in [0, 0.05) is 18.8 Å². The van der Waals surface area contributed by atoms with Crippen molar-refractivity contribution in [3.05, 3.63) is 12.0 Å². The van der Waals surface area contributed by atoms with Gasteiger partial charge in [-0.05, 0) is 52.1 Å². The van der Waals surface area contributed by atoms with Gasteiger partial charge in [-0.15, -0.1) is 0 Å². The van der Waals surface area contributed by atoms with E-state index in [1.165, 1.54) is 0 Å². The van der Waals surface area contributed by atoms with Gasteiger partial charge in [-0.3, -0.25) is 0 Å². The first-order valence-corrected chi connectivity index (χ1v) is 9.19. The molecule has 6 nitrogen and oxygen atoms in total. The zero-order valence-corrected chi connectivity index (χ0v) is 13.9. The van der Waals surface area contributed by atoms with Gasteiger partial charge in [-0.2, -0.15) is 0 Å². The van der Waals surface area contributed by atoms with E-state index in [1.54, 1.807) is 6.20 Å². The van der Waals surface area contributed by atoms with Crippen LogP contribution in [0.1, 0.15) is 38.9 Å². The summed E-state index contributed by atoms with van der Waals surface area (Å²) in [6.07, 6.45) is 4.60. The molecule has 0 bridgehead atoms. The Morgan fingerprint density at radius 2 is 2.14 bits per heavy atom. The molecule has 2 heterocycles. The maximum atomic E-state index is 12.5. The number of aromatic nitrogens is 2. The highest BCUT2D eigenvalue weighted by molar-refractivity contribution is 7.89. The molecular weight excluding hydrogens is 288 g/mol. The molecule has 1 fully saturated rings. The summed E-state index contributed by atoms with van der Waals surface area (Å²) >= 11 is 0. The van der Waals surface area contributed by atoms with Crippen LogP contribution in [0.3, 0.4) is 0 Å². The zero-order valence-electron chi connectivity index (χ0n) is 13.1. The lowest BCUT2D eigenvalue weighted by molar-refractivity contribution is 0.316. The van der Waals surface area contributed by atoms with Crippen molar-refractivity contribution in [2.45, 2.75) is 57.6 Å². The van der Waals surface area contributed by atoms with Crippen molar-refractivity contribution >= 4 is 10.0 Å². The summed E-state index contributed by atoms with van der Waals surface area (Å²) in [5.74, 6) is 1.13. The van der Waals surface area contributed by atoms with Gasteiger partial charge in [-0.25, -0.2) is 18.1 Å². The summed E-state index contributed by atoms with van der Waals surface area (Å²) in [5.41, 5.74) is 0. The molecule has 1 atom stereocenters. The minimum atomic E-state index is -3.53. The molecule has 0 spiro atoms. The predicted molar refractivity (Wildman–Crippen MR) is 82.6 cm³/mol. The second-order valence-corrected chi connectivity index (χ2v) is 7.48. The Hall–Kier alpha value is -0.920. The van der Waals surface area contributed by atoms with E-state index in [-0.39, 0.29) is 11.1 Å². The molecule has 7 heteroatoms. The third-order valence-corrected chi connectivity index (χ3v) is 5.56. The number of nitrogens with one attached hydrogen (secondary N) is 2. The van der Waals surface area contributed by atoms with Crippen molar-refractivity contribution in [3.63, 3.8) is 0 Å². The number of hydrogen-bond donors (Lipinski definition) is 2. The number of hydrogen-bond acceptors (Lipinski definition) is 4. The summed E-state index contributed by atoms with van der Waals surface area (Å²) in [5, 5.41) is 3.43. The second kappa shape index (κ2) is 6.89. The van der Waals surface area contributed by atoms with Crippen LogP contribution in [0.4, 0.5) is 0 Å². The molecule has 1 aliphatic rings. The summed E-state index contributed by atoms with van der Waals surface area (Å²) in [7, 11) is -3.53. The maximum Gasteiger partial charge on any atom is 0.259 e. The van der Waals surface area contributed by atoms with E-state index in [0.29, 0.717) is 5.92 Å². The Labute approximate surface area is 127 Å². The SMILES string of the molecule is CCCn1cc(S(=O)(=O)NC(C)C2CCNCC2)nc1C. The molecule has 2 rings (SSSR count). The van der Waals surface area contributed by atoms with Crippen LogP contribution in [0.2, 0.25) is 0 Å². The fraction of sp³-hybridized carbons (Fsp3) is 0.786. The molecule has 0 aliphatic carbocycles. The number of sulfonamides is 1. The minimum absolute atomic E-state index is 0.0614. The Bertz CT molecular complexity index is 562. The van der Waals surface area contributed by atoms with Crippen molar-refractivity contribution in [3.8, 4) is 0 Å². The van der Waals surface area contributed by atoms with E-state index >= 15 is 0 Å². The first-order chi connectivity index (χ1) is 9.94. The highest BCUT2D eigenvalue weighted by atomic mass is 32.2. The van der Waals surface area contributed by atoms with Crippen LogP contribution in [-0.2, 0) is 16.6 Å². The van der Waals surface area contributed by atoms with Gasteiger partial charge in [0.1, 0.15) is 5.82 Å². The summed E-state index contributed by atoms with van der Waals surface area (Å²) in [4.78, 5) is 4.20. The van der Waals surface area contributed by atoms with E-state index in [9.17, 15) is 8.42 Å². The largest absolute Gasteiger partial charge is 0.334 e. The third kappa shape index (κ3) is 4.05. The van der Waals surface area contributed by atoms with Gasteiger partial charge in [-0.1, -0.05) is 6.92 Å². The number of aryl methyl sites for hydroxylation is 2. The van der Waals surface area contributed by atoms with E-state index in [1.807, 2.05) is 18.4 Å². The molecule has 0 radical (unpaired) electrons. The zero-order chi connectivity index (χ0) is 15.5. The van der Waals surface area contributed by atoms with Crippen molar-refractivity contribution in [2.75, 3.05) is 13.1 Å². The van der Waals surface area contributed by atoms with E-state index in [4.69, 9.17) is 0 Å². The molecule has 1 saturated heterocycles. The fourth-order valence-electron chi connectivity index (χ4n) is 2.82. The van der Waals surface area contributed by atoms with E-state index < -0.39 is 10.0 Å². The van der Waals surface area contributed by atoms with Gasteiger partial charge in [0.25, 0.3) is 10.0 Å². The summed E-state index contributed by atoms with van der Waals surface area (Å²) in [6, 6.07) is -0.0614. The summed E-state index contributed by atoms with van der Waals surface area (Å²) in [6.45, 7) is 8.56. The average Bonchev–Trinajstić information content (AvgIpc) is 2.82. The van der Waals surface area contributed by atoms with Crippen molar-refractivity contribution in [2.24, 2.45) is 5.92 Å². The van der Waals surface area contributed by atoms with Gasteiger partial charge in [0.15, 0.2) is 5.03 Å². The first kappa shape index (κ1) is 16.5. The van der Waals surface area contributed by atoms with Crippen LogP contribution in [0.5, 0.6) is 0 Å². The molecule has 1 aliphatic heterocycles.